The molecule has 0 fully saturated rings. The zero-order valence-corrected chi connectivity index (χ0v) is 10.9. The lowest BCUT2D eigenvalue weighted by Crippen LogP contribution is -1.69. The Balaban J connectivity index is 2.10. The molecule has 2 aromatic heterocycles. The topological polar surface area (TPSA) is 42.9 Å². The molecule has 0 radical (unpaired) electrons. The Morgan fingerprint density at radius 1 is 1.27 bits per heavy atom. The molecule has 7 heteroatoms. The lowest BCUT2D eigenvalue weighted by molar-refractivity contribution is 0.112. The molecule has 2 rings (SSSR count). The van der Waals surface area contributed by atoms with Crippen LogP contribution in [0.25, 0.3) is 0 Å². The van der Waals surface area contributed by atoms with Gasteiger partial charge in [0.2, 0.25) is 0 Å². The third-order valence-corrected chi connectivity index (χ3v) is 5.56. The Hall–Kier alpha value is -0.370. The first-order valence-corrected chi connectivity index (χ1v) is 7.59. The Labute approximate surface area is 103 Å². The molecule has 3 nitrogen and oxygen atoms in total. The standard InChI is InChI=1S/C8H6N2OS4/c1-12-7-9-10-8(15-7)14-6-3-2-5(4-11)13-6/h2-4H,1H3. The summed E-state index contributed by atoms with van der Waals surface area (Å²) in [4.78, 5) is 11.2. The molecule has 0 unspecified atom stereocenters. The Morgan fingerprint density at radius 3 is 2.67 bits per heavy atom. The zero-order valence-electron chi connectivity index (χ0n) is 7.67. The number of carbonyl (C=O) groups excluding carboxylic acids is 1. The summed E-state index contributed by atoms with van der Waals surface area (Å²) in [7, 11) is 0. The van der Waals surface area contributed by atoms with Gasteiger partial charge in [-0.25, -0.2) is 0 Å². The number of thiophene rings is 1. The molecule has 0 saturated heterocycles. The van der Waals surface area contributed by atoms with Crippen LogP contribution in [0.2, 0.25) is 0 Å². The van der Waals surface area contributed by atoms with Crippen molar-refractivity contribution in [3.8, 4) is 0 Å². The van der Waals surface area contributed by atoms with E-state index in [9.17, 15) is 4.79 Å². The van der Waals surface area contributed by atoms with E-state index in [0.717, 1.165) is 24.1 Å². The van der Waals surface area contributed by atoms with Crippen molar-refractivity contribution in [2.45, 2.75) is 12.9 Å². The molecule has 2 aromatic rings. The third kappa shape index (κ3) is 2.81. The van der Waals surface area contributed by atoms with Crippen molar-refractivity contribution in [3.63, 3.8) is 0 Å². The Kier molecular flexibility index (Phi) is 3.79. The molecule has 78 valence electrons. The smallest absolute Gasteiger partial charge is 0.180 e. The zero-order chi connectivity index (χ0) is 10.7. The molecular formula is C8H6N2OS4. The molecule has 0 aliphatic carbocycles. The maximum absolute atomic E-state index is 10.5. The Bertz CT molecular complexity index is 465. The highest BCUT2D eigenvalue weighted by Crippen LogP contribution is 2.36. The summed E-state index contributed by atoms with van der Waals surface area (Å²) in [6, 6.07) is 3.75. The van der Waals surface area contributed by atoms with Crippen molar-refractivity contribution < 1.29 is 4.79 Å². The quantitative estimate of drug-likeness (QED) is 0.632. The van der Waals surface area contributed by atoms with E-state index >= 15 is 0 Å². The third-order valence-electron chi connectivity index (χ3n) is 1.47. The minimum Gasteiger partial charge on any atom is -0.297 e. The second-order valence-electron chi connectivity index (χ2n) is 2.41. The molecule has 0 N–H and O–H groups in total. The average Bonchev–Trinajstić information content (AvgIpc) is 2.87. The van der Waals surface area contributed by atoms with Crippen molar-refractivity contribution in [1.29, 1.82) is 0 Å². The fourth-order valence-corrected chi connectivity index (χ4v) is 4.49. The lowest BCUT2D eigenvalue weighted by atomic mass is 10.5. The average molecular weight is 274 g/mol. The van der Waals surface area contributed by atoms with Gasteiger partial charge < -0.3 is 0 Å². The van der Waals surface area contributed by atoms with Crippen LogP contribution in [0.3, 0.4) is 0 Å². The van der Waals surface area contributed by atoms with Crippen LogP contribution in [0.15, 0.2) is 25.0 Å². The van der Waals surface area contributed by atoms with Gasteiger partial charge in [-0.05, 0) is 30.2 Å². The first kappa shape index (κ1) is 11.1. The van der Waals surface area contributed by atoms with Crippen LogP contribution in [0.4, 0.5) is 0 Å². The van der Waals surface area contributed by atoms with Gasteiger partial charge in [0, 0.05) is 0 Å². The van der Waals surface area contributed by atoms with Gasteiger partial charge in [-0.1, -0.05) is 23.1 Å². The van der Waals surface area contributed by atoms with E-state index in [1.807, 2.05) is 18.4 Å². The highest BCUT2D eigenvalue weighted by molar-refractivity contribution is 8.04. The number of thioether (sulfide) groups is 1. The summed E-state index contributed by atoms with van der Waals surface area (Å²) < 4.78 is 2.95. The van der Waals surface area contributed by atoms with E-state index in [1.165, 1.54) is 11.3 Å². The minimum atomic E-state index is 0.743. The number of hydrogen-bond acceptors (Lipinski definition) is 7. The van der Waals surface area contributed by atoms with Gasteiger partial charge in [0.25, 0.3) is 0 Å². The van der Waals surface area contributed by atoms with Crippen LogP contribution in [0.1, 0.15) is 9.67 Å². The molecule has 0 bridgehead atoms. The second kappa shape index (κ2) is 5.11. The molecule has 0 atom stereocenters. The van der Waals surface area contributed by atoms with Gasteiger partial charge in [0.05, 0.1) is 9.09 Å². The Morgan fingerprint density at radius 2 is 2.07 bits per heavy atom. The monoisotopic (exact) mass is 274 g/mol. The first-order valence-electron chi connectivity index (χ1n) is 3.92. The SMILES string of the molecule is CSc1nnc(Sc2ccc(C=O)s2)s1. The number of aldehydes is 1. The number of aromatic nitrogens is 2. The number of hydrogen-bond donors (Lipinski definition) is 0. The van der Waals surface area contributed by atoms with E-state index < -0.39 is 0 Å². The molecule has 0 aromatic carbocycles. The highest BCUT2D eigenvalue weighted by atomic mass is 32.2. The van der Waals surface area contributed by atoms with Crippen molar-refractivity contribution in [1.82, 2.24) is 10.2 Å². The maximum atomic E-state index is 10.5. The van der Waals surface area contributed by atoms with E-state index in [0.29, 0.717) is 0 Å². The van der Waals surface area contributed by atoms with Crippen LogP contribution >= 0.6 is 46.2 Å². The summed E-state index contributed by atoms with van der Waals surface area (Å²) in [5.74, 6) is 0. The summed E-state index contributed by atoms with van der Waals surface area (Å²) in [5.41, 5.74) is 0. The van der Waals surface area contributed by atoms with Crippen LogP contribution in [-0.2, 0) is 0 Å². The van der Waals surface area contributed by atoms with Crippen LogP contribution in [-0.4, -0.2) is 22.7 Å². The van der Waals surface area contributed by atoms with Crippen molar-refractivity contribution in [3.05, 3.63) is 17.0 Å². The summed E-state index contributed by atoms with van der Waals surface area (Å²) in [6.07, 6.45) is 2.84. The minimum absolute atomic E-state index is 0.743. The predicted molar refractivity (Wildman–Crippen MR) is 65.5 cm³/mol. The number of nitrogens with zero attached hydrogens (tertiary/aromatic N) is 2. The van der Waals surface area contributed by atoms with Crippen LogP contribution in [0.5, 0.6) is 0 Å². The molecule has 15 heavy (non-hydrogen) atoms. The highest BCUT2D eigenvalue weighted by Gasteiger charge is 2.07. The summed E-state index contributed by atoms with van der Waals surface area (Å²) in [5, 5.41) is 8.05. The van der Waals surface area contributed by atoms with E-state index in [2.05, 4.69) is 10.2 Å². The van der Waals surface area contributed by atoms with Crippen molar-refractivity contribution >= 4 is 52.5 Å². The maximum Gasteiger partial charge on any atom is 0.180 e. The summed E-state index contributed by atoms with van der Waals surface area (Å²) >= 11 is 6.18. The molecule has 0 spiro atoms. The van der Waals surface area contributed by atoms with Crippen LogP contribution < -0.4 is 0 Å². The van der Waals surface area contributed by atoms with Crippen LogP contribution in [0, 0.1) is 0 Å². The van der Waals surface area contributed by atoms with Gasteiger partial charge in [-0.3, -0.25) is 4.79 Å². The largest absolute Gasteiger partial charge is 0.297 e. The van der Waals surface area contributed by atoms with Gasteiger partial charge >= 0.3 is 0 Å². The lowest BCUT2D eigenvalue weighted by Gasteiger charge is -1.87. The van der Waals surface area contributed by atoms with Crippen molar-refractivity contribution in [2.24, 2.45) is 0 Å². The van der Waals surface area contributed by atoms with E-state index in [-0.39, 0.29) is 0 Å². The first-order chi connectivity index (χ1) is 7.31. The fraction of sp³-hybridized carbons (Fsp3) is 0.125. The number of carbonyl (C=O) groups is 1. The van der Waals surface area contributed by atoms with E-state index in [1.54, 1.807) is 34.9 Å². The number of rotatable bonds is 4. The normalized spacial score (nSPS) is 10.5. The van der Waals surface area contributed by atoms with Gasteiger partial charge in [0.15, 0.2) is 15.0 Å². The fourth-order valence-electron chi connectivity index (χ4n) is 0.860. The second-order valence-corrected chi connectivity index (χ2v) is 7.11. The van der Waals surface area contributed by atoms with Gasteiger partial charge in [-0.15, -0.1) is 21.5 Å². The molecule has 2 heterocycles. The van der Waals surface area contributed by atoms with Gasteiger partial charge in [-0.2, -0.15) is 0 Å². The van der Waals surface area contributed by atoms with Crippen molar-refractivity contribution in [2.75, 3.05) is 6.26 Å². The predicted octanol–water partition coefficient (Wildman–Crippen LogP) is 3.29. The van der Waals surface area contributed by atoms with E-state index in [4.69, 9.17) is 0 Å². The summed E-state index contributed by atoms with van der Waals surface area (Å²) in [6.45, 7) is 0. The molecule has 0 saturated carbocycles. The molecule has 0 amide bonds. The molecular weight excluding hydrogens is 268 g/mol. The molecule has 0 aliphatic rings. The molecule has 0 aliphatic heterocycles. The van der Waals surface area contributed by atoms with Gasteiger partial charge in [0.1, 0.15) is 0 Å².